The highest BCUT2D eigenvalue weighted by Gasteiger charge is 2.29. The molecule has 1 aliphatic heterocycles. The van der Waals surface area contributed by atoms with E-state index in [1.807, 2.05) is 23.1 Å². The molecule has 0 spiro atoms. The van der Waals surface area contributed by atoms with E-state index in [-0.39, 0.29) is 11.9 Å². The van der Waals surface area contributed by atoms with Gasteiger partial charge in [0, 0.05) is 36.5 Å². The predicted molar refractivity (Wildman–Crippen MR) is 107 cm³/mol. The third kappa shape index (κ3) is 4.65. The monoisotopic (exact) mass is 372 g/mol. The number of carbonyl (C=O) groups excluding carboxylic acids is 1. The van der Waals surface area contributed by atoms with Crippen LogP contribution in [0.3, 0.4) is 0 Å². The molecule has 140 valence electrons. The molecule has 0 N–H and O–H groups in total. The van der Waals surface area contributed by atoms with Gasteiger partial charge in [-0.05, 0) is 43.8 Å². The summed E-state index contributed by atoms with van der Waals surface area (Å²) in [6, 6.07) is 12.6. The Balaban J connectivity index is 1.54. The van der Waals surface area contributed by atoms with E-state index >= 15 is 0 Å². The number of hydrogen-bond donors (Lipinski definition) is 0. The molecule has 1 atom stereocenters. The van der Waals surface area contributed by atoms with Crippen molar-refractivity contribution in [3.05, 3.63) is 52.2 Å². The fourth-order valence-electron chi connectivity index (χ4n) is 3.57. The van der Waals surface area contributed by atoms with Gasteiger partial charge in [0.15, 0.2) is 0 Å². The van der Waals surface area contributed by atoms with Crippen molar-refractivity contribution < 1.29 is 9.53 Å². The predicted octanol–water partition coefficient (Wildman–Crippen LogP) is 3.98. The molecule has 0 saturated carbocycles. The average Bonchev–Trinajstić information content (AvgIpc) is 3.19. The number of thiophene rings is 1. The number of amides is 1. The van der Waals surface area contributed by atoms with E-state index in [4.69, 9.17) is 4.74 Å². The maximum absolute atomic E-state index is 12.7. The second-order valence-electron chi connectivity index (χ2n) is 6.86. The summed E-state index contributed by atoms with van der Waals surface area (Å²) >= 11 is 1.80. The Morgan fingerprint density at radius 1 is 1.19 bits per heavy atom. The van der Waals surface area contributed by atoms with Gasteiger partial charge in [-0.3, -0.25) is 9.69 Å². The van der Waals surface area contributed by atoms with Crippen molar-refractivity contribution in [2.75, 3.05) is 33.8 Å². The molecule has 4 nitrogen and oxygen atoms in total. The highest BCUT2D eigenvalue weighted by Crippen LogP contribution is 2.31. The van der Waals surface area contributed by atoms with E-state index < -0.39 is 0 Å². The second-order valence-corrected chi connectivity index (χ2v) is 7.90. The Hall–Kier alpha value is -1.85. The number of carbonyl (C=O) groups is 1. The topological polar surface area (TPSA) is 32.8 Å². The van der Waals surface area contributed by atoms with Crippen LogP contribution in [0.2, 0.25) is 0 Å². The summed E-state index contributed by atoms with van der Waals surface area (Å²) in [5.41, 5.74) is 1.16. The van der Waals surface area contributed by atoms with Crippen LogP contribution in [0.4, 0.5) is 0 Å². The van der Waals surface area contributed by atoms with Gasteiger partial charge >= 0.3 is 0 Å². The van der Waals surface area contributed by atoms with E-state index in [1.54, 1.807) is 18.4 Å². The first kappa shape index (κ1) is 18.9. The molecule has 1 amide bonds. The van der Waals surface area contributed by atoms with Crippen LogP contribution in [0.15, 0.2) is 41.8 Å². The molecule has 0 aliphatic carbocycles. The molecule has 1 saturated heterocycles. The standard InChI is InChI=1S/C21H28N2O2S/c1-22-13-14-23(16-19(22)18-10-4-5-11-20(18)25-2)21(24)12-6-3-8-17-9-7-15-26-17/h4-5,7,9-11,15,19H,3,6,8,12-14,16H2,1-2H3. The van der Waals surface area contributed by atoms with E-state index in [0.29, 0.717) is 6.42 Å². The number of unbranched alkanes of at least 4 members (excludes halogenated alkanes) is 1. The number of aryl methyl sites for hydroxylation is 1. The Bertz CT molecular complexity index is 702. The number of piperazine rings is 1. The fourth-order valence-corrected chi connectivity index (χ4v) is 4.32. The SMILES string of the molecule is COc1ccccc1C1CN(C(=O)CCCCc2cccs2)CCN1C. The van der Waals surface area contributed by atoms with Crippen molar-refractivity contribution in [1.82, 2.24) is 9.80 Å². The van der Waals surface area contributed by atoms with Crippen LogP contribution in [-0.4, -0.2) is 49.5 Å². The first-order chi connectivity index (χ1) is 12.7. The highest BCUT2D eigenvalue weighted by atomic mass is 32.1. The zero-order chi connectivity index (χ0) is 18.4. The van der Waals surface area contributed by atoms with E-state index in [9.17, 15) is 4.79 Å². The molecule has 5 heteroatoms. The summed E-state index contributed by atoms with van der Waals surface area (Å²) in [7, 11) is 3.83. The number of hydrogen-bond acceptors (Lipinski definition) is 4. The summed E-state index contributed by atoms with van der Waals surface area (Å²) in [4.78, 5) is 18.4. The van der Waals surface area contributed by atoms with Crippen LogP contribution in [-0.2, 0) is 11.2 Å². The van der Waals surface area contributed by atoms with Crippen molar-refractivity contribution in [2.24, 2.45) is 0 Å². The fraction of sp³-hybridized carbons (Fsp3) is 0.476. The van der Waals surface area contributed by atoms with Gasteiger partial charge in [0.25, 0.3) is 0 Å². The summed E-state index contributed by atoms with van der Waals surface area (Å²) in [5.74, 6) is 1.18. The first-order valence-electron chi connectivity index (χ1n) is 9.32. The van der Waals surface area contributed by atoms with Gasteiger partial charge in [0.2, 0.25) is 5.91 Å². The second kappa shape index (κ2) is 9.19. The lowest BCUT2D eigenvalue weighted by atomic mass is 10.0. The smallest absolute Gasteiger partial charge is 0.222 e. The first-order valence-corrected chi connectivity index (χ1v) is 10.2. The van der Waals surface area contributed by atoms with Crippen LogP contribution in [0.25, 0.3) is 0 Å². The molecule has 0 radical (unpaired) electrons. The largest absolute Gasteiger partial charge is 0.496 e. The Labute approximate surface area is 160 Å². The molecule has 3 rings (SSSR count). The lowest BCUT2D eigenvalue weighted by molar-refractivity contribution is -0.134. The Morgan fingerprint density at radius 3 is 2.81 bits per heavy atom. The number of rotatable bonds is 7. The maximum Gasteiger partial charge on any atom is 0.222 e. The number of ether oxygens (including phenoxy) is 1. The minimum atomic E-state index is 0.190. The zero-order valence-electron chi connectivity index (χ0n) is 15.7. The van der Waals surface area contributed by atoms with Crippen molar-refractivity contribution in [2.45, 2.75) is 31.7 Å². The number of nitrogens with zero attached hydrogens (tertiary/aromatic N) is 2. The van der Waals surface area contributed by atoms with Gasteiger partial charge in [0.05, 0.1) is 13.2 Å². The van der Waals surface area contributed by atoms with Crippen molar-refractivity contribution in [3.8, 4) is 5.75 Å². The molecule has 1 fully saturated rings. The Morgan fingerprint density at radius 2 is 2.04 bits per heavy atom. The van der Waals surface area contributed by atoms with Crippen molar-refractivity contribution >= 4 is 17.2 Å². The maximum atomic E-state index is 12.7. The van der Waals surface area contributed by atoms with Crippen LogP contribution in [0.5, 0.6) is 5.75 Å². The average molecular weight is 373 g/mol. The lowest BCUT2D eigenvalue weighted by Gasteiger charge is -2.40. The molecule has 1 unspecified atom stereocenters. The number of methoxy groups -OCH3 is 1. The van der Waals surface area contributed by atoms with Crippen molar-refractivity contribution in [1.29, 1.82) is 0 Å². The lowest BCUT2D eigenvalue weighted by Crippen LogP contribution is -2.49. The Kier molecular flexibility index (Phi) is 6.69. The molecule has 2 heterocycles. The number of benzene rings is 1. The van der Waals surface area contributed by atoms with Gasteiger partial charge in [-0.2, -0.15) is 0 Å². The molecular formula is C21H28N2O2S. The molecule has 26 heavy (non-hydrogen) atoms. The molecule has 0 bridgehead atoms. The molecule has 1 aromatic heterocycles. The summed E-state index contributed by atoms with van der Waals surface area (Å²) in [5, 5.41) is 2.11. The molecular weight excluding hydrogens is 344 g/mol. The van der Waals surface area contributed by atoms with E-state index in [2.05, 4.69) is 35.5 Å². The zero-order valence-corrected chi connectivity index (χ0v) is 16.5. The number of likely N-dealkylation sites (N-methyl/N-ethyl adjacent to an activating group) is 1. The van der Waals surface area contributed by atoms with Crippen LogP contribution >= 0.6 is 11.3 Å². The van der Waals surface area contributed by atoms with Crippen LogP contribution < -0.4 is 4.74 Å². The highest BCUT2D eigenvalue weighted by molar-refractivity contribution is 7.09. The minimum absolute atomic E-state index is 0.190. The molecule has 1 aromatic carbocycles. The summed E-state index contributed by atoms with van der Waals surface area (Å²) in [6.45, 7) is 2.44. The molecule has 1 aliphatic rings. The minimum Gasteiger partial charge on any atom is -0.496 e. The van der Waals surface area contributed by atoms with Crippen LogP contribution in [0.1, 0.15) is 35.7 Å². The van der Waals surface area contributed by atoms with Gasteiger partial charge < -0.3 is 9.64 Å². The van der Waals surface area contributed by atoms with Gasteiger partial charge in [-0.25, -0.2) is 0 Å². The quantitative estimate of drug-likeness (QED) is 0.689. The summed E-state index contributed by atoms with van der Waals surface area (Å²) < 4.78 is 5.53. The van der Waals surface area contributed by atoms with Gasteiger partial charge in [0.1, 0.15) is 5.75 Å². The number of para-hydroxylation sites is 1. The third-order valence-electron chi connectivity index (χ3n) is 5.14. The van der Waals surface area contributed by atoms with Gasteiger partial charge in [-0.15, -0.1) is 11.3 Å². The molecule has 2 aromatic rings. The van der Waals surface area contributed by atoms with Crippen LogP contribution in [0, 0.1) is 0 Å². The third-order valence-corrected chi connectivity index (χ3v) is 6.08. The summed E-state index contributed by atoms with van der Waals surface area (Å²) in [6.07, 6.45) is 3.77. The van der Waals surface area contributed by atoms with Gasteiger partial charge in [-0.1, -0.05) is 24.3 Å². The van der Waals surface area contributed by atoms with E-state index in [0.717, 1.165) is 50.2 Å². The van der Waals surface area contributed by atoms with Crippen molar-refractivity contribution in [3.63, 3.8) is 0 Å². The van der Waals surface area contributed by atoms with E-state index in [1.165, 1.54) is 4.88 Å². The normalized spacial score (nSPS) is 18.1.